The van der Waals surface area contributed by atoms with Crippen molar-refractivity contribution < 1.29 is 19.4 Å². The maximum atomic E-state index is 12.4. The van der Waals surface area contributed by atoms with Gasteiger partial charge in [0.1, 0.15) is 0 Å². The minimum Gasteiger partial charge on any atom is -0.481 e. The standard InChI is InChI=1S/C17H23NO4/c1-22-11-13-7-3-4-8-14(13)15(19)18-12-17(16(20)21)9-5-2-6-10-17/h3-4,7-8H,2,5-6,9-12H2,1H3,(H,18,19)(H,20,21). The van der Waals surface area contributed by atoms with E-state index in [-0.39, 0.29) is 12.5 Å². The first-order valence-electron chi connectivity index (χ1n) is 7.67. The average Bonchev–Trinajstić information content (AvgIpc) is 2.54. The molecule has 120 valence electrons. The van der Waals surface area contributed by atoms with Gasteiger partial charge < -0.3 is 15.2 Å². The van der Waals surface area contributed by atoms with Gasteiger partial charge in [0.25, 0.3) is 5.91 Å². The number of carboxylic acid groups (broad SMARTS) is 1. The van der Waals surface area contributed by atoms with Crippen molar-refractivity contribution >= 4 is 11.9 Å². The Bertz CT molecular complexity index is 535. The molecule has 5 heteroatoms. The molecule has 1 fully saturated rings. The predicted octanol–water partition coefficient (Wildman–Crippen LogP) is 2.60. The highest BCUT2D eigenvalue weighted by atomic mass is 16.5. The summed E-state index contributed by atoms with van der Waals surface area (Å²) in [5.41, 5.74) is 0.528. The Morgan fingerprint density at radius 2 is 1.91 bits per heavy atom. The van der Waals surface area contributed by atoms with Crippen LogP contribution in [0, 0.1) is 5.41 Å². The SMILES string of the molecule is COCc1ccccc1C(=O)NCC1(C(=O)O)CCCCC1. The van der Waals surface area contributed by atoms with Crippen LogP contribution in [0.25, 0.3) is 0 Å². The number of carbonyl (C=O) groups excluding carboxylic acids is 1. The molecule has 0 atom stereocenters. The van der Waals surface area contributed by atoms with Crippen molar-refractivity contribution in [3.8, 4) is 0 Å². The molecule has 2 rings (SSSR count). The third-order valence-corrected chi connectivity index (χ3v) is 4.41. The normalized spacial score (nSPS) is 17.0. The summed E-state index contributed by atoms with van der Waals surface area (Å²) in [6.45, 7) is 0.538. The van der Waals surface area contributed by atoms with Gasteiger partial charge in [-0.2, -0.15) is 0 Å². The van der Waals surface area contributed by atoms with E-state index in [1.807, 2.05) is 12.1 Å². The number of rotatable bonds is 6. The molecule has 1 saturated carbocycles. The lowest BCUT2D eigenvalue weighted by Crippen LogP contribution is -2.44. The largest absolute Gasteiger partial charge is 0.481 e. The Morgan fingerprint density at radius 3 is 2.55 bits per heavy atom. The van der Waals surface area contributed by atoms with Crippen LogP contribution in [0.2, 0.25) is 0 Å². The molecule has 1 aliphatic rings. The number of nitrogens with one attached hydrogen (secondary N) is 1. The number of aliphatic carboxylic acids is 1. The van der Waals surface area contributed by atoms with Crippen LogP contribution in [0.5, 0.6) is 0 Å². The highest BCUT2D eigenvalue weighted by Gasteiger charge is 2.39. The first-order valence-corrected chi connectivity index (χ1v) is 7.67. The third-order valence-electron chi connectivity index (χ3n) is 4.41. The van der Waals surface area contributed by atoms with Crippen LogP contribution in [-0.4, -0.2) is 30.6 Å². The van der Waals surface area contributed by atoms with Gasteiger partial charge in [0.15, 0.2) is 0 Å². The zero-order valence-electron chi connectivity index (χ0n) is 12.9. The number of hydrogen-bond donors (Lipinski definition) is 2. The molecule has 0 unspecified atom stereocenters. The molecule has 1 aromatic carbocycles. The molecule has 1 aromatic rings. The molecule has 0 aromatic heterocycles. The summed E-state index contributed by atoms with van der Waals surface area (Å²) in [4.78, 5) is 24.0. The predicted molar refractivity (Wildman–Crippen MR) is 82.6 cm³/mol. The zero-order valence-corrected chi connectivity index (χ0v) is 12.9. The Morgan fingerprint density at radius 1 is 1.23 bits per heavy atom. The molecule has 22 heavy (non-hydrogen) atoms. The first-order chi connectivity index (χ1) is 10.6. The van der Waals surface area contributed by atoms with Crippen molar-refractivity contribution in [2.45, 2.75) is 38.7 Å². The number of carboxylic acids is 1. The van der Waals surface area contributed by atoms with Crippen molar-refractivity contribution in [1.29, 1.82) is 0 Å². The van der Waals surface area contributed by atoms with Gasteiger partial charge in [-0.15, -0.1) is 0 Å². The fraction of sp³-hybridized carbons (Fsp3) is 0.529. The van der Waals surface area contributed by atoms with Gasteiger partial charge in [-0.3, -0.25) is 9.59 Å². The molecular formula is C17H23NO4. The maximum absolute atomic E-state index is 12.4. The van der Waals surface area contributed by atoms with E-state index in [1.165, 1.54) is 0 Å². The van der Waals surface area contributed by atoms with Gasteiger partial charge in [0.2, 0.25) is 0 Å². The van der Waals surface area contributed by atoms with E-state index in [0.717, 1.165) is 24.8 Å². The number of benzene rings is 1. The average molecular weight is 305 g/mol. The number of carbonyl (C=O) groups is 2. The Labute approximate surface area is 130 Å². The van der Waals surface area contributed by atoms with Crippen LogP contribution in [0.15, 0.2) is 24.3 Å². The highest BCUT2D eigenvalue weighted by molar-refractivity contribution is 5.96. The second-order valence-corrected chi connectivity index (χ2v) is 5.92. The zero-order chi connectivity index (χ0) is 16.0. The quantitative estimate of drug-likeness (QED) is 0.847. The molecule has 5 nitrogen and oxygen atoms in total. The van der Waals surface area contributed by atoms with Crippen LogP contribution in [0.4, 0.5) is 0 Å². The number of ether oxygens (including phenoxy) is 1. The summed E-state index contributed by atoms with van der Waals surface area (Å²) in [6.07, 6.45) is 4.13. The van der Waals surface area contributed by atoms with Crippen LogP contribution in [0.1, 0.15) is 48.0 Å². The fourth-order valence-corrected chi connectivity index (χ4v) is 3.06. The lowest BCUT2D eigenvalue weighted by atomic mass is 9.74. The molecular weight excluding hydrogens is 282 g/mol. The first kappa shape index (κ1) is 16.5. The van der Waals surface area contributed by atoms with Crippen molar-refractivity contribution in [3.05, 3.63) is 35.4 Å². The van der Waals surface area contributed by atoms with Crippen molar-refractivity contribution in [2.24, 2.45) is 5.41 Å². The van der Waals surface area contributed by atoms with E-state index in [2.05, 4.69) is 5.32 Å². The lowest BCUT2D eigenvalue weighted by Gasteiger charge is -2.33. The van der Waals surface area contributed by atoms with E-state index < -0.39 is 11.4 Å². The summed E-state index contributed by atoms with van der Waals surface area (Å²) in [5, 5.41) is 12.4. The van der Waals surface area contributed by atoms with E-state index in [4.69, 9.17) is 4.74 Å². The maximum Gasteiger partial charge on any atom is 0.311 e. The molecule has 1 amide bonds. The minimum atomic E-state index is -0.815. The molecule has 0 aliphatic heterocycles. The Kier molecular flexibility index (Phi) is 5.55. The molecule has 0 radical (unpaired) electrons. The smallest absolute Gasteiger partial charge is 0.311 e. The third kappa shape index (κ3) is 3.65. The van der Waals surface area contributed by atoms with Gasteiger partial charge in [-0.05, 0) is 24.5 Å². The van der Waals surface area contributed by atoms with Crippen molar-refractivity contribution in [2.75, 3.05) is 13.7 Å². The summed E-state index contributed by atoms with van der Waals surface area (Å²) in [5.74, 6) is -1.04. The number of amides is 1. The van der Waals surface area contributed by atoms with Crippen LogP contribution in [-0.2, 0) is 16.1 Å². The van der Waals surface area contributed by atoms with E-state index in [9.17, 15) is 14.7 Å². The molecule has 1 aliphatic carbocycles. The van der Waals surface area contributed by atoms with E-state index in [0.29, 0.717) is 25.0 Å². The molecule has 0 spiro atoms. The summed E-state index contributed by atoms with van der Waals surface area (Å²) in [6, 6.07) is 7.22. The van der Waals surface area contributed by atoms with Gasteiger partial charge in [0.05, 0.1) is 12.0 Å². The topological polar surface area (TPSA) is 75.6 Å². The number of hydrogen-bond acceptors (Lipinski definition) is 3. The van der Waals surface area contributed by atoms with Gasteiger partial charge in [-0.1, -0.05) is 37.5 Å². The van der Waals surface area contributed by atoms with Gasteiger partial charge >= 0.3 is 5.97 Å². The van der Waals surface area contributed by atoms with Crippen molar-refractivity contribution in [1.82, 2.24) is 5.32 Å². The molecule has 2 N–H and O–H groups in total. The second-order valence-electron chi connectivity index (χ2n) is 5.92. The fourth-order valence-electron chi connectivity index (χ4n) is 3.06. The van der Waals surface area contributed by atoms with Gasteiger partial charge in [-0.25, -0.2) is 0 Å². The lowest BCUT2D eigenvalue weighted by molar-refractivity contribution is -0.150. The second kappa shape index (κ2) is 7.40. The number of methoxy groups -OCH3 is 1. The van der Waals surface area contributed by atoms with Crippen LogP contribution in [0.3, 0.4) is 0 Å². The highest BCUT2D eigenvalue weighted by Crippen LogP contribution is 2.36. The molecule has 0 heterocycles. The molecule has 0 bridgehead atoms. The van der Waals surface area contributed by atoms with Crippen LogP contribution < -0.4 is 5.32 Å². The monoisotopic (exact) mass is 305 g/mol. The Balaban J connectivity index is 2.07. The van der Waals surface area contributed by atoms with Crippen molar-refractivity contribution in [3.63, 3.8) is 0 Å². The van der Waals surface area contributed by atoms with Crippen LogP contribution >= 0.6 is 0 Å². The molecule has 0 saturated heterocycles. The summed E-state index contributed by atoms with van der Waals surface area (Å²) >= 11 is 0. The van der Waals surface area contributed by atoms with E-state index >= 15 is 0 Å². The minimum absolute atomic E-state index is 0.183. The Hall–Kier alpha value is -1.88. The van der Waals surface area contributed by atoms with Gasteiger partial charge in [0, 0.05) is 19.2 Å². The summed E-state index contributed by atoms with van der Waals surface area (Å²) in [7, 11) is 1.58. The van der Waals surface area contributed by atoms with E-state index in [1.54, 1.807) is 19.2 Å². The summed E-state index contributed by atoms with van der Waals surface area (Å²) < 4.78 is 5.10.